The van der Waals surface area contributed by atoms with Gasteiger partial charge < -0.3 is 14.8 Å². The molecule has 0 spiro atoms. The lowest BCUT2D eigenvalue weighted by molar-refractivity contribution is -0.122. The van der Waals surface area contributed by atoms with Crippen molar-refractivity contribution in [1.82, 2.24) is 4.90 Å². The first-order valence-corrected chi connectivity index (χ1v) is 11.4. The molecule has 0 bridgehead atoms. The number of benzene rings is 2. The van der Waals surface area contributed by atoms with E-state index in [1.807, 2.05) is 25.1 Å². The minimum absolute atomic E-state index is 0.184. The van der Waals surface area contributed by atoms with Crippen molar-refractivity contribution in [2.45, 2.75) is 13.3 Å². The van der Waals surface area contributed by atoms with Crippen molar-refractivity contribution in [1.29, 1.82) is 0 Å². The van der Waals surface area contributed by atoms with Gasteiger partial charge in [0.2, 0.25) is 0 Å². The number of halogens is 1. The molecule has 7 nitrogen and oxygen atoms in total. The molecular weight excluding hydrogens is 531 g/mol. The second-order valence-corrected chi connectivity index (χ2v) is 8.73. The number of methoxy groups -OCH3 is 1. The molecule has 1 saturated heterocycles. The van der Waals surface area contributed by atoms with Crippen molar-refractivity contribution in [2.75, 3.05) is 25.6 Å². The molecule has 9 heteroatoms. The molecule has 0 saturated carbocycles. The fourth-order valence-electron chi connectivity index (χ4n) is 2.89. The molecule has 162 valence electrons. The highest BCUT2D eigenvalue weighted by Gasteiger charge is 2.34. The second kappa shape index (κ2) is 10.7. The zero-order valence-corrected chi connectivity index (χ0v) is 20.0. The van der Waals surface area contributed by atoms with Gasteiger partial charge in [0.1, 0.15) is 0 Å². The molecule has 0 aromatic heterocycles. The third kappa shape index (κ3) is 5.79. The summed E-state index contributed by atoms with van der Waals surface area (Å²) in [6.07, 6.45) is 2.37. The summed E-state index contributed by atoms with van der Waals surface area (Å²) in [5.41, 5.74) is 1.38. The van der Waals surface area contributed by atoms with Crippen LogP contribution in [0.1, 0.15) is 18.9 Å². The van der Waals surface area contributed by atoms with E-state index in [0.717, 1.165) is 11.8 Å². The average Bonchev–Trinajstić information content (AvgIpc) is 3.01. The first-order valence-electron chi connectivity index (χ1n) is 9.53. The number of nitrogens with one attached hydrogen (secondary N) is 1. The summed E-state index contributed by atoms with van der Waals surface area (Å²) in [6, 6.07) is 12.6. The largest absolute Gasteiger partial charge is 0.493 e. The SMILES string of the molecule is CCCN1C(=O)S/C(=C/c2cc(I)c(OCC(=O)Nc3ccccc3)c(OC)c2)C1=O. The van der Waals surface area contributed by atoms with E-state index in [4.69, 9.17) is 9.47 Å². The van der Waals surface area contributed by atoms with Gasteiger partial charge in [0.05, 0.1) is 15.6 Å². The predicted molar refractivity (Wildman–Crippen MR) is 129 cm³/mol. The number of nitrogens with zero attached hydrogens (tertiary/aromatic N) is 1. The van der Waals surface area contributed by atoms with Gasteiger partial charge in [-0.1, -0.05) is 25.1 Å². The third-order valence-corrected chi connectivity index (χ3v) is 5.98. The first kappa shape index (κ1) is 23.1. The lowest BCUT2D eigenvalue weighted by atomic mass is 10.2. The monoisotopic (exact) mass is 552 g/mol. The van der Waals surface area contributed by atoms with Crippen molar-refractivity contribution in [3.05, 3.63) is 56.5 Å². The Labute approximate surface area is 198 Å². The van der Waals surface area contributed by atoms with Gasteiger partial charge in [-0.3, -0.25) is 19.3 Å². The van der Waals surface area contributed by atoms with Crippen LogP contribution in [0.15, 0.2) is 47.4 Å². The molecule has 1 aliphatic rings. The Hall–Kier alpha value is -2.53. The summed E-state index contributed by atoms with van der Waals surface area (Å²) >= 11 is 3.01. The van der Waals surface area contributed by atoms with Gasteiger partial charge in [-0.05, 0) is 76.7 Å². The van der Waals surface area contributed by atoms with E-state index < -0.39 is 0 Å². The molecule has 3 amide bonds. The normalized spacial score (nSPS) is 14.8. The minimum atomic E-state index is -0.294. The molecule has 3 rings (SSSR count). The Kier molecular flexibility index (Phi) is 7.97. The van der Waals surface area contributed by atoms with Gasteiger partial charge in [0, 0.05) is 12.2 Å². The Bertz CT molecular complexity index is 1030. The smallest absolute Gasteiger partial charge is 0.293 e. The zero-order valence-electron chi connectivity index (χ0n) is 17.0. The molecule has 1 aliphatic heterocycles. The molecule has 0 radical (unpaired) electrons. The predicted octanol–water partition coefficient (Wildman–Crippen LogP) is 4.76. The van der Waals surface area contributed by atoms with Crippen LogP contribution in [-0.4, -0.2) is 42.2 Å². The second-order valence-electron chi connectivity index (χ2n) is 6.57. The number of para-hydroxylation sites is 1. The van der Waals surface area contributed by atoms with Crippen LogP contribution in [0.3, 0.4) is 0 Å². The summed E-state index contributed by atoms with van der Waals surface area (Å²) in [7, 11) is 1.50. The van der Waals surface area contributed by atoms with E-state index in [1.54, 1.807) is 30.3 Å². The van der Waals surface area contributed by atoms with Crippen molar-refractivity contribution in [3.8, 4) is 11.5 Å². The van der Waals surface area contributed by atoms with Crippen molar-refractivity contribution in [3.63, 3.8) is 0 Å². The molecule has 31 heavy (non-hydrogen) atoms. The quantitative estimate of drug-likeness (QED) is 0.376. The summed E-state index contributed by atoms with van der Waals surface area (Å²) in [5, 5.41) is 2.50. The minimum Gasteiger partial charge on any atom is -0.493 e. The number of amides is 3. The summed E-state index contributed by atoms with van der Waals surface area (Å²) in [5.74, 6) is 0.280. The molecule has 2 aromatic carbocycles. The Morgan fingerprint density at radius 1 is 1.23 bits per heavy atom. The van der Waals surface area contributed by atoms with Crippen molar-refractivity contribution < 1.29 is 23.9 Å². The highest BCUT2D eigenvalue weighted by molar-refractivity contribution is 14.1. The van der Waals surface area contributed by atoms with Crippen LogP contribution < -0.4 is 14.8 Å². The Morgan fingerprint density at radius 3 is 2.65 bits per heavy atom. The zero-order chi connectivity index (χ0) is 22.4. The molecule has 1 N–H and O–H groups in total. The number of hydrogen-bond donors (Lipinski definition) is 1. The highest BCUT2D eigenvalue weighted by atomic mass is 127. The van der Waals surface area contributed by atoms with E-state index in [-0.39, 0.29) is 23.7 Å². The summed E-state index contributed by atoms with van der Waals surface area (Å²) in [4.78, 5) is 38.3. The maximum Gasteiger partial charge on any atom is 0.293 e. The molecule has 2 aromatic rings. The number of ether oxygens (including phenoxy) is 2. The van der Waals surface area contributed by atoms with Gasteiger partial charge in [-0.2, -0.15) is 0 Å². The Balaban J connectivity index is 1.74. The van der Waals surface area contributed by atoms with E-state index in [1.165, 1.54) is 12.0 Å². The van der Waals surface area contributed by atoms with E-state index in [0.29, 0.717) is 44.2 Å². The summed E-state index contributed by atoms with van der Waals surface area (Å²) in [6.45, 7) is 2.14. The van der Waals surface area contributed by atoms with Gasteiger partial charge >= 0.3 is 0 Å². The molecule has 0 unspecified atom stereocenters. The van der Waals surface area contributed by atoms with Gasteiger partial charge in [0.25, 0.3) is 17.1 Å². The molecule has 0 aliphatic carbocycles. The van der Waals surface area contributed by atoms with Crippen molar-refractivity contribution >= 4 is 63.2 Å². The molecule has 0 atom stereocenters. The number of carbonyl (C=O) groups is 3. The maximum absolute atomic E-state index is 12.5. The van der Waals surface area contributed by atoms with Crippen LogP contribution in [0.4, 0.5) is 10.5 Å². The number of carbonyl (C=O) groups excluding carboxylic acids is 3. The maximum atomic E-state index is 12.5. The molecule has 1 fully saturated rings. The number of imide groups is 1. The van der Waals surface area contributed by atoms with Gasteiger partial charge in [-0.25, -0.2) is 0 Å². The van der Waals surface area contributed by atoms with Crippen LogP contribution in [0.2, 0.25) is 0 Å². The third-order valence-electron chi connectivity index (χ3n) is 4.28. The van der Waals surface area contributed by atoms with Crippen LogP contribution in [0, 0.1) is 3.57 Å². The Morgan fingerprint density at radius 2 is 1.97 bits per heavy atom. The molecular formula is C22H21IN2O5S. The summed E-state index contributed by atoms with van der Waals surface area (Å²) < 4.78 is 11.8. The standard InChI is InChI=1S/C22H21IN2O5S/c1-3-9-25-21(27)18(31-22(25)28)12-14-10-16(23)20(17(11-14)29-2)30-13-19(26)24-15-7-5-4-6-8-15/h4-8,10-12H,3,9,13H2,1-2H3,(H,24,26)/b18-12+. The van der Waals surface area contributed by atoms with Gasteiger partial charge in [-0.15, -0.1) is 0 Å². The van der Waals surface area contributed by atoms with Crippen LogP contribution in [-0.2, 0) is 9.59 Å². The highest BCUT2D eigenvalue weighted by Crippen LogP contribution is 2.37. The number of thioether (sulfide) groups is 1. The van der Waals surface area contributed by atoms with E-state index >= 15 is 0 Å². The fourth-order valence-corrected chi connectivity index (χ4v) is 4.53. The average molecular weight is 552 g/mol. The fraction of sp³-hybridized carbons (Fsp3) is 0.227. The lowest BCUT2D eigenvalue weighted by Crippen LogP contribution is -2.28. The topological polar surface area (TPSA) is 84.9 Å². The van der Waals surface area contributed by atoms with Crippen LogP contribution in [0.5, 0.6) is 11.5 Å². The van der Waals surface area contributed by atoms with Crippen LogP contribution in [0.25, 0.3) is 6.08 Å². The van der Waals surface area contributed by atoms with E-state index in [2.05, 4.69) is 27.9 Å². The molecule has 1 heterocycles. The number of anilines is 1. The van der Waals surface area contributed by atoms with Gasteiger partial charge in [0.15, 0.2) is 18.1 Å². The number of hydrogen-bond acceptors (Lipinski definition) is 6. The number of rotatable bonds is 8. The first-order chi connectivity index (χ1) is 14.9. The van der Waals surface area contributed by atoms with Crippen LogP contribution >= 0.6 is 34.4 Å². The lowest BCUT2D eigenvalue weighted by Gasteiger charge is -2.14. The van der Waals surface area contributed by atoms with E-state index in [9.17, 15) is 14.4 Å². The van der Waals surface area contributed by atoms with Crippen molar-refractivity contribution in [2.24, 2.45) is 0 Å².